The van der Waals surface area contributed by atoms with E-state index < -0.39 is 0 Å². The molecule has 0 saturated heterocycles. The fourth-order valence-electron chi connectivity index (χ4n) is 1.46. The number of ether oxygens (including phenoxy) is 1. The molecule has 1 aliphatic heterocycles. The molecular weight excluding hydrogens is 162 g/mol. The second kappa shape index (κ2) is 3.69. The van der Waals surface area contributed by atoms with Crippen LogP contribution in [0.15, 0.2) is 18.2 Å². The average Bonchev–Trinajstić information content (AvgIpc) is 2.07. The van der Waals surface area contributed by atoms with Crippen LogP contribution in [0.4, 0.5) is 5.69 Å². The van der Waals surface area contributed by atoms with Gasteiger partial charge in [0.2, 0.25) is 0 Å². The minimum atomic E-state index is 0. The third-order valence-corrected chi connectivity index (χ3v) is 2.21. The lowest BCUT2D eigenvalue weighted by Gasteiger charge is -2.27. The first-order chi connectivity index (χ1) is 5.77. The summed E-state index contributed by atoms with van der Waals surface area (Å²) in [5.41, 5.74) is 2.49. The van der Waals surface area contributed by atoms with Crippen molar-refractivity contribution >= 4 is 5.69 Å². The molecule has 2 rings (SSSR count). The van der Waals surface area contributed by atoms with Crippen molar-refractivity contribution in [3.63, 3.8) is 0 Å². The van der Waals surface area contributed by atoms with Crippen molar-refractivity contribution in [3.05, 3.63) is 23.8 Å². The van der Waals surface area contributed by atoms with Crippen LogP contribution in [0.5, 0.6) is 5.75 Å². The molecule has 0 N–H and O–H groups in total. The fourth-order valence-corrected chi connectivity index (χ4v) is 1.46. The number of hydrogen-bond acceptors (Lipinski definition) is 2. The number of anilines is 1. The second-order valence-corrected chi connectivity index (χ2v) is 3.24. The molecule has 72 valence electrons. The Kier molecular flexibility index (Phi) is 2.81. The van der Waals surface area contributed by atoms with E-state index in [0.29, 0.717) is 0 Å². The van der Waals surface area contributed by atoms with Crippen molar-refractivity contribution in [3.8, 4) is 5.75 Å². The first-order valence-electron chi connectivity index (χ1n) is 4.22. The molecule has 0 atom stereocenters. The minimum absolute atomic E-state index is 0. The van der Waals surface area contributed by atoms with Crippen LogP contribution in [-0.4, -0.2) is 20.2 Å². The van der Waals surface area contributed by atoms with Crippen LogP contribution in [0.1, 0.15) is 13.0 Å². The summed E-state index contributed by atoms with van der Waals surface area (Å²) in [5.74, 6) is 1.01. The molecule has 13 heavy (non-hydrogen) atoms. The highest BCUT2D eigenvalue weighted by atomic mass is 16.5. The van der Waals surface area contributed by atoms with Gasteiger partial charge in [-0.1, -0.05) is 13.5 Å². The maximum absolute atomic E-state index is 5.51. The zero-order chi connectivity index (χ0) is 8.55. The summed E-state index contributed by atoms with van der Waals surface area (Å²) in [4.78, 5) is 2.23. The van der Waals surface area contributed by atoms with Crippen LogP contribution < -0.4 is 9.64 Å². The minimum Gasteiger partial charge on any atom is -0.490 e. The molecule has 0 aliphatic carbocycles. The van der Waals surface area contributed by atoms with Gasteiger partial charge < -0.3 is 9.64 Å². The SMILES string of the molecule is C.Cc1ccc2c(c1)N(C)CCO2. The lowest BCUT2D eigenvalue weighted by atomic mass is 10.2. The summed E-state index contributed by atoms with van der Waals surface area (Å²) in [6.45, 7) is 3.88. The summed E-state index contributed by atoms with van der Waals surface area (Å²) < 4.78 is 5.51. The van der Waals surface area contributed by atoms with E-state index in [1.807, 2.05) is 6.07 Å². The van der Waals surface area contributed by atoms with E-state index in [1.54, 1.807) is 0 Å². The maximum Gasteiger partial charge on any atom is 0.142 e. The molecule has 2 nitrogen and oxygen atoms in total. The van der Waals surface area contributed by atoms with Gasteiger partial charge in [0.15, 0.2) is 0 Å². The predicted molar refractivity (Wildman–Crippen MR) is 56.7 cm³/mol. The van der Waals surface area contributed by atoms with Crippen LogP contribution in [0.2, 0.25) is 0 Å². The Balaban J connectivity index is 0.000000845. The molecular formula is C11H17NO. The zero-order valence-electron chi connectivity index (χ0n) is 7.50. The zero-order valence-corrected chi connectivity index (χ0v) is 7.50. The number of nitrogens with zero attached hydrogens (tertiary/aromatic N) is 1. The van der Waals surface area contributed by atoms with Gasteiger partial charge in [0.25, 0.3) is 0 Å². The highest BCUT2D eigenvalue weighted by Gasteiger charge is 2.13. The Morgan fingerprint density at radius 2 is 2.15 bits per heavy atom. The molecule has 0 aromatic heterocycles. The van der Waals surface area contributed by atoms with Crippen molar-refractivity contribution < 1.29 is 4.74 Å². The second-order valence-electron chi connectivity index (χ2n) is 3.24. The van der Waals surface area contributed by atoms with Crippen molar-refractivity contribution in [2.24, 2.45) is 0 Å². The van der Waals surface area contributed by atoms with E-state index >= 15 is 0 Å². The molecule has 1 aromatic rings. The standard InChI is InChI=1S/C10H13NO.CH4/c1-8-3-4-10-9(7-8)11(2)5-6-12-10;/h3-4,7H,5-6H2,1-2H3;1H4. The summed E-state index contributed by atoms with van der Waals surface area (Å²) in [6.07, 6.45) is 0. The highest BCUT2D eigenvalue weighted by Crippen LogP contribution is 2.30. The Hall–Kier alpha value is -1.18. The first kappa shape index (κ1) is 9.90. The molecule has 0 amide bonds. The number of fused-ring (bicyclic) bond motifs is 1. The average molecular weight is 179 g/mol. The molecule has 0 fully saturated rings. The number of aryl methyl sites for hydroxylation is 1. The van der Waals surface area contributed by atoms with Gasteiger partial charge in [0, 0.05) is 7.05 Å². The van der Waals surface area contributed by atoms with Gasteiger partial charge >= 0.3 is 0 Å². The molecule has 2 heteroatoms. The summed E-state index contributed by atoms with van der Waals surface area (Å²) in [5, 5.41) is 0. The van der Waals surface area contributed by atoms with E-state index in [4.69, 9.17) is 4.74 Å². The molecule has 0 saturated carbocycles. The molecule has 1 heterocycles. The van der Waals surface area contributed by atoms with Crippen LogP contribution in [0, 0.1) is 6.92 Å². The predicted octanol–water partition coefficient (Wildman–Crippen LogP) is 2.46. The van der Waals surface area contributed by atoms with Gasteiger partial charge in [0.05, 0.1) is 12.2 Å². The van der Waals surface area contributed by atoms with Crippen LogP contribution >= 0.6 is 0 Å². The van der Waals surface area contributed by atoms with Gasteiger partial charge in [-0.2, -0.15) is 0 Å². The van der Waals surface area contributed by atoms with E-state index in [2.05, 4.69) is 31.0 Å². The molecule has 1 aliphatic rings. The van der Waals surface area contributed by atoms with E-state index in [0.717, 1.165) is 18.9 Å². The number of rotatable bonds is 0. The lowest BCUT2D eigenvalue weighted by molar-refractivity contribution is 0.311. The van der Waals surface area contributed by atoms with E-state index in [9.17, 15) is 0 Å². The maximum atomic E-state index is 5.51. The molecule has 0 spiro atoms. The fraction of sp³-hybridized carbons (Fsp3) is 0.455. The highest BCUT2D eigenvalue weighted by molar-refractivity contribution is 5.60. The largest absolute Gasteiger partial charge is 0.490 e. The Morgan fingerprint density at radius 3 is 2.92 bits per heavy atom. The lowest BCUT2D eigenvalue weighted by Crippen LogP contribution is -2.28. The summed E-state index contributed by atoms with van der Waals surface area (Å²) in [6, 6.07) is 6.28. The smallest absolute Gasteiger partial charge is 0.142 e. The van der Waals surface area contributed by atoms with Crippen LogP contribution in [0.25, 0.3) is 0 Å². The van der Waals surface area contributed by atoms with Crippen molar-refractivity contribution in [1.82, 2.24) is 0 Å². The third kappa shape index (κ3) is 1.77. The Bertz CT molecular complexity index is 296. The third-order valence-electron chi connectivity index (χ3n) is 2.21. The molecule has 0 unspecified atom stereocenters. The van der Waals surface area contributed by atoms with E-state index in [1.165, 1.54) is 11.3 Å². The van der Waals surface area contributed by atoms with Crippen LogP contribution in [-0.2, 0) is 0 Å². The van der Waals surface area contributed by atoms with E-state index in [-0.39, 0.29) is 7.43 Å². The van der Waals surface area contributed by atoms with Crippen LogP contribution in [0.3, 0.4) is 0 Å². The first-order valence-corrected chi connectivity index (χ1v) is 4.22. The molecule has 1 aromatic carbocycles. The van der Waals surface area contributed by atoms with Gasteiger partial charge in [-0.15, -0.1) is 0 Å². The summed E-state index contributed by atoms with van der Waals surface area (Å²) >= 11 is 0. The quantitative estimate of drug-likeness (QED) is 0.606. The van der Waals surface area contributed by atoms with Crippen molar-refractivity contribution in [2.75, 3.05) is 25.1 Å². The van der Waals surface area contributed by atoms with Gasteiger partial charge in [-0.05, 0) is 24.6 Å². The molecule has 0 radical (unpaired) electrons. The summed E-state index contributed by atoms with van der Waals surface area (Å²) in [7, 11) is 2.10. The van der Waals surface area contributed by atoms with Crippen molar-refractivity contribution in [2.45, 2.75) is 14.4 Å². The van der Waals surface area contributed by atoms with Gasteiger partial charge in [0.1, 0.15) is 12.4 Å². The normalized spacial score (nSPS) is 14.2. The Labute approximate surface area is 80.1 Å². The van der Waals surface area contributed by atoms with Gasteiger partial charge in [-0.3, -0.25) is 0 Å². The number of hydrogen-bond donors (Lipinski definition) is 0. The molecule has 0 bridgehead atoms. The van der Waals surface area contributed by atoms with Crippen molar-refractivity contribution in [1.29, 1.82) is 0 Å². The van der Waals surface area contributed by atoms with Gasteiger partial charge in [-0.25, -0.2) is 0 Å². The number of benzene rings is 1. The monoisotopic (exact) mass is 179 g/mol. The Morgan fingerprint density at radius 1 is 1.38 bits per heavy atom. The number of likely N-dealkylation sites (N-methyl/N-ethyl adjacent to an activating group) is 1. The topological polar surface area (TPSA) is 12.5 Å².